The van der Waals surface area contributed by atoms with E-state index >= 15 is 8.78 Å². The van der Waals surface area contributed by atoms with Gasteiger partial charge in [-0.25, -0.2) is 27.0 Å². The van der Waals surface area contributed by atoms with Crippen molar-refractivity contribution in [2.75, 3.05) is 23.7 Å². The number of nitrogen functional groups attached to an aromatic ring is 1. The first kappa shape index (κ1) is 22.4. The van der Waals surface area contributed by atoms with Crippen LogP contribution in [0.2, 0.25) is 0 Å². The topological polar surface area (TPSA) is 119 Å². The number of nitrogens with two attached hydrogens (primary N) is 1. The largest absolute Gasteiger partial charge is 0.477 e. The van der Waals surface area contributed by atoms with Crippen LogP contribution in [0.3, 0.4) is 0 Å². The molecule has 9 nitrogen and oxygen atoms in total. The Hall–Kier alpha value is -4.42. The summed E-state index contributed by atoms with van der Waals surface area (Å²) in [5.41, 5.74) is 1.33. The third kappa shape index (κ3) is 3.47. The molecule has 0 aliphatic carbocycles. The molecular weight excluding hydrogens is 472 g/mol. The van der Waals surface area contributed by atoms with Gasteiger partial charge < -0.3 is 20.3 Å². The Labute approximate surface area is 193 Å². The number of carbonyl (C=O) groups is 1. The molecule has 180 valence electrons. The lowest BCUT2D eigenvalue weighted by Gasteiger charge is -2.24. The van der Waals surface area contributed by atoms with Crippen LogP contribution in [0.4, 0.5) is 28.9 Å². The lowest BCUT2D eigenvalue weighted by Crippen LogP contribution is -2.26. The monoisotopic (exact) mass is 488 g/mol. The van der Waals surface area contributed by atoms with Gasteiger partial charge in [0, 0.05) is 31.5 Å². The first-order valence-corrected chi connectivity index (χ1v) is 10.3. The zero-order chi connectivity index (χ0) is 25.0. The Morgan fingerprint density at radius 2 is 1.94 bits per heavy atom. The maximum Gasteiger partial charge on any atom is 0.341 e. The second kappa shape index (κ2) is 8.11. The fraction of sp³-hybridized carbons (Fsp3) is 0.182. The third-order valence-electron chi connectivity index (χ3n) is 6.03. The molecular formula is C22H16F4N6O3. The van der Waals surface area contributed by atoms with Gasteiger partial charge in [0.2, 0.25) is 5.43 Å². The number of carboxylic acid groups (broad SMARTS) is 1. The standard InChI is InChI=1S/C22H16F4N6O3/c23-10-1-2-14(13(24)7-10)31-9-12(22(34)35)21(33)15-18(27)16(25)20(17(26)19(15)31)30-5-3-11(8-30)32-6-4-28-29-32/h1-2,4,6-7,9,11H,3,5,8,27H2,(H,34,35)/t11-/m0/s1. The maximum absolute atomic E-state index is 16.0. The molecule has 2 aromatic carbocycles. The summed E-state index contributed by atoms with van der Waals surface area (Å²) in [7, 11) is 0. The van der Waals surface area contributed by atoms with Crippen LogP contribution >= 0.6 is 0 Å². The van der Waals surface area contributed by atoms with Crippen molar-refractivity contribution >= 4 is 28.2 Å². The van der Waals surface area contributed by atoms with Gasteiger partial charge in [0.1, 0.15) is 22.9 Å². The van der Waals surface area contributed by atoms with E-state index in [1.54, 1.807) is 10.9 Å². The highest BCUT2D eigenvalue weighted by Gasteiger charge is 2.33. The van der Waals surface area contributed by atoms with Gasteiger partial charge in [0.15, 0.2) is 11.6 Å². The van der Waals surface area contributed by atoms with Crippen molar-refractivity contribution in [3.63, 3.8) is 0 Å². The van der Waals surface area contributed by atoms with Crippen LogP contribution in [0.1, 0.15) is 22.8 Å². The van der Waals surface area contributed by atoms with E-state index in [1.165, 1.54) is 11.1 Å². The van der Waals surface area contributed by atoms with E-state index in [1.807, 2.05) is 0 Å². The minimum Gasteiger partial charge on any atom is -0.477 e. The van der Waals surface area contributed by atoms with E-state index in [2.05, 4.69) is 10.3 Å². The molecule has 13 heteroatoms. The number of carboxylic acids is 1. The van der Waals surface area contributed by atoms with Gasteiger partial charge >= 0.3 is 5.97 Å². The van der Waals surface area contributed by atoms with Crippen LogP contribution in [0.5, 0.6) is 0 Å². The zero-order valence-electron chi connectivity index (χ0n) is 17.8. The SMILES string of the molecule is Nc1c(F)c(N2CC[C@H](n3ccnn3)C2)c(F)c2c1c(=O)c(C(=O)O)cn2-c1ccc(F)cc1F. The number of nitrogens with zero attached hydrogens (tertiary/aromatic N) is 5. The van der Waals surface area contributed by atoms with Crippen LogP contribution in [-0.2, 0) is 0 Å². The van der Waals surface area contributed by atoms with E-state index in [9.17, 15) is 23.5 Å². The number of rotatable bonds is 4. The number of fused-ring (bicyclic) bond motifs is 1. The molecule has 0 amide bonds. The fourth-order valence-corrected chi connectivity index (χ4v) is 4.40. The summed E-state index contributed by atoms with van der Waals surface area (Å²) in [4.78, 5) is 25.9. The second-order valence-corrected chi connectivity index (χ2v) is 8.03. The van der Waals surface area contributed by atoms with Gasteiger partial charge in [0.05, 0.1) is 34.5 Å². The number of halogens is 4. The van der Waals surface area contributed by atoms with Crippen molar-refractivity contribution in [1.29, 1.82) is 0 Å². The average Bonchev–Trinajstić information content (AvgIpc) is 3.50. The molecule has 35 heavy (non-hydrogen) atoms. The highest BCUT2D eigenvalue weighted by Crippen LogP contribution is 2.39. The Balaban J connectivity index is 1.80. The average molecular weight is 488 g/mol. The highest BCUT2D eigenvalue weighted by molar-refractivity contribution is 6.00. The summed E-state index contributed by atoms with van der Waals surface area (Å²) in [5, 5.41) is 16.3. The van der Waals surface area contributed by atoms with Crippen LogP contribution in [-0.4, -0.2) is 43.7 Å². The summed E-state index contributed by atoms with van der Waals surface area (Å²) < 4.78 is 61.9. The van der Waals surface area contributed by atoms with Gasteiger partial charge in [0.25, 0.3) is 0 Å². The predicted octanol–water partition coefficient (Wildman–Crippen LogP) is 2.87. The molecule has 0 saturated carbocycles. The van der Waals surface area contributed by atoms with Crippen LogP contribution in [0.15, 0.2) is 41.6 Å². The number of hydrogen-bond donors (Lipinski definition) is 2. The Kier molecular flexibility index (Phi) is 5.19. The van der Waals surface area contributed by atoms with Crippen LogP contribution < -0.4 is 16.1 Å². The van der Waals surface area contributed by atoms with E-state index in [0.717, 1.165) is 16.7 Å². The molecule has 1 saturated heterocycles. The first-order chi connectivity index (χ1) is 16.7. The molecule has 5 rings (SSSR count). The molecule has 3 N–H and O–H groups in total. The van der Waals surface area contributed by atoms with E-state index < -0.39 is 68.2 Å². The lowest BCUT2D eigenvalue weighted by molar-refractivity contribution is 0.0695. The van der Waals surface area contributed by atoms with E-state index in [-0.39, 0.29) is 19.1 Å². The number of hydrogen-bond acceptors (Lipinski definition) is 6. The first-order valence-electron chi connectivity index (χ1n) is 10.3. The van der Waals surface area contributed by atoms with E-state index in [4.69, 9.17) is 5.73 Å². The quantitative estimate of drug-likeness (QED) is 0.335. The number of anilines is 2. The van der Waals surface area contributed by atoms with Crippen molar-refractivity contribution in [2.24, 2.45) is 0 Å². The van der Waals surface area contributed by atoms with Gasteiger partial charge in [-0.2, -0.15) is 0 Å². The third-order valence-corrected chi connectivity index (χ3v) is 6.03. The number of aromatic carboxylic acids is 1. The summed E-state index contributed by atoms with van der Waals surface area (Å²) in [6, 6.07) is 2.07. The van der Waals surface area contributed by atoms with Crippen LogP contribution in [0.25, 0.3) is 16.6 Å². The van der Waals surface area contributed by atoms with Gasteiger partial charge in [-0.15, -0.1) is 5.10 Å². The molecule has 0 unspecified atom stereocenters. The van der Waals surface area contributed by atoms with Crippen molar-refractivity contribution in [1.82, 2.24) is 19.6 Å². The molecule has 1 atom stereocenters. The second-order valence-electron chi connectivity index (χ2n) is 8.03. The normalized spacial score (nSPS) is 15.8. The molecule has 3 heterocycles. The minimum absolute atomic E-state index is 0.129. The van der Waals surface area contributed by atoms with E-state index in [0.29, 0.717) is 18.7 Å². The number of pyridine rings is 1. The number of aromatic nitrogens is 4. The lowest BCUT2D eigenvalue weighted by atomic mass is 10.1. The predicted molar refractivity (Wildman–Crippen MR) is 117 cm³/mol. The molecule has 0 spiro atoms. The van der Waals surface area contributed by atoms with Gasteiger partial charge in [-0.3, -0.25) is 4.79 Å². The van der Waals surface area contributed by atoms with Crippen molar-refractivity contribution in [3.05, 3.63) is 75.8 Å². The van der Waals surface area contributed by atoms with Crippen molar-refractivity contribution in [3.8, 4) is 5.69 Å². The van der Waals surface area contributed by atoms with Crippen LogP contribution in [0, 0.1) is 23.3 Å². The molecule has 1 fully saturated rings. The van der Waals surface area contributed by atoms with Crippen molar-refractivity contribution < 1.29 is 27.5 Å². The van der Waals surface area contributed by atoms with Gasteiger partial charge in [-0.05, 0) is 18.6 Å². The summed E-state index contributed by atoms with van der Waals surface area (Å²) in [5.74, 6) is -6.31. The minimum atomic E-state index is -1.72. The fourth-order valence-electron chi connectivity index (χ4n) is 4.40. The molecule has 1 aliphatic heterocycles. The summed E-state index contributed by atoms with van der Waals surface area (Å²) in [6.07, 6.45) is 4.25. The molecule has 0 radical (unpaired) electrons. The van der Waals surface area contributed by atoms with Gasteiger partial charge in [-0.1, -0.05) is 5.21 Å². The number of benzene rings is 2. The summed E-state index contributed by atoms with van der Waals surface area (Å²) in [6.45, 7) is 0.330. The highest BCUT2D eigenvalue weighted by atomic mass is 19.1. The Morgan fingerprint density at radius 3 is 2.60 bits per heavy atom. The zero-order valence-corrected chi connectivity index (χ0v) is 17.8. The molecule has 4 aromatic rings. The molecule has 1 aliphatic rings. The molecule has 0 bridgehead atoms. The van der Waals surface area contributed by atoms with Crippen molar-refractivity contribution in [2.45, 2.75) is 12.5 Å². The smallest absolute Gasteiger partial charge is 0.341 e. The summed E-state index contributed by atoms with van der Waals surface area (Å²) >= 11 is 0. The Morgan fingerprint density at radius 1 is 1.17 bits per heavy atom. The molecule has 2 aromatic heterocycles. The maximum atomic E-state index is 16.0. The Bertz CT molecular complexity index is 1550.